The first-order valence-corrected chi connectivity index (χ1v) is 14.6. The molecule has 40 heavy (non-hydrogen) atoms. The van der Waals surface area contributed by atoms with Crippen molar-refractivity contribution in [3.63, 3.8) is 0 Å². The van der Waals surface area contributed by atoms with Crippen LogP contribution in [-0.4, -0.2) is 52.3 Å². The molecule has 0 aromatic heterocycles. The van der Waals surface area contributed by atoms with Gasteiger partial charge in [0.15, 0.2) is 5.71 Å². The number of unbranched alkanes of at least 4 members (excludes halogenated alkanes) is 4. The van der Waals surface area contributed by atoms with Gasteiger partial charge in [-0.05, 0) is 51.7 Å². The Morgan fingerprint density at radius 2 is 1.70 bits per heavy atom. The van der Waals surface area contributed by atoms with Gasteiger partial charge in [-0.2, -0.15) is 8.91 Å². The summed E-state index contributed by atoms with van der Waals surface area (Å²) in [6, 6.07) is 5.93. The minimum absolute atomic E-state index is 0.0723. The number of esters is 1. The fourth-order valence-corrected chi connectivity index (χ4v) is 5.65. The highest BCUT2D eigenvalue weighted by atomic mass is 32.2. The van der Waals surface area contributed by atoms with E-state index < -0.39 is 17.8 Å². The summed E-state index contributed by atoms with van der Waals surface area (Å²) >= 11 is 0.859. The molecule has 0 radical (unpaired) electrons. The lowest BCUT2D eigenvalue weighted by Gasteiger charge is -2.22. The van der Waals surface area contributed by atoms with Gasteiger partial charge in [0.05, 0.1) is 24.1 Å². The third kappa shape index (κ3) is 8.12. The smallest absolute Gasteiger partial charge is 0.333 e. The highest BCUT2D eigenvalue weighted by Crippen LogP contribution is 2.44. The standard InChI is InChI=1S/C28H38N2O9S/c1-4-36-26(33)11-8-6-10-18-29-20(2)28(3,22-19-21(40-39-38-35)13-14-23(22)29)17-9-5-7-12-27(34)37-30-24(31)15-16-25(30)32/h13-14,19H,4-12,15-18H2,1-3H3. The lowest BCUT2D eigenvalue weighted by molar-refractivity contribution is -0.777. The summed E-state index contributed by atoms with van der Waals surface area (Å²) in [6.07, 6.45) is 6.30. The Bertz CT molecular complexity index is 1110. The Morgan fingerprint density at radius 1 is 1.02 bits per heavy atom. The van der Waals surface area contributed by atoms with E-state index in [1.165, 1.54) is 5.71 Å². The normalized spacial score (nSPS) is 18.4. The van der Waals surface area contributed by atoms with Gasteiger partial charge in [-0.1, -0.05) is 12.8 Å². The fraction of sp³-hybridized carbons (Fsp3) is 0.607. The molecule has 12 heteroatoms. The van der Waals surface area contributed by atoms with Gasteiger partial charge in [0.1, 0.15) is 6.54 Å². The lowest BCUT2D eigenvalue weighted by Crippen LogP contribution is -2.32. The third-order valence-electron chi connectivity index (χ3n) is 7.54. The van der Waals surface area contributed by atoms with Gasteiger partial charge < -0.3 is 14.8 Å². The van der Waals surface area contributed by atoms with Crippen LogP contribution >= 0.6 is 12.0 Å². The van der Waals surface area contributed by atoms with Crippen LogP contribution in [0.2, 0.25) is 0 Å². The molecule has 0 bridgehead atoms. The molecule has 1 atom stereocenters. The van der Waals surface area contributed by atoms with Crippen molar-refractivity contribution < 1.29 is 48.0 Å². The largest absolute Gasteiger partial charge is 0.691 e. The molecule has 2 aliphatic heterocycles. The van der Waals surface area contributed by atoms with Crippen LogP contribution in [-0.2, 0) is 43.5 Å². The van der Waals surface area contributed by atoms with E-state index in [0.717, 1.165) is 73.3 Å². The Hall–Kier alpha value is -2.80. The molecule has 0 saturated carbocycles. The number of hydroxylamine groups is 2. The zero-order valence-electron chi connectivity index (χ0n) is 23.4. The van der Waals surface area contributed by atoms with Crippen LogP contribution in [0.5, 0.6) is 0 Å². The van der Waals surface area contributed by atoms with Gasteiger partial charge in [-0.3, -0.25) is 19.4 Å². The summed E-state index contributed by atoms with van der Waals surface area (Å²) in [4.78, 5) is 52.7. The van der Waals surface area contributed by atoms with Crippen LogP contribution < -0.4 is 5.26 Å². The van der Waals surface area contributed by atoms with Crippen molar-refractivity contribution >= 4 is 47.2 Å². The van der Waals surface area contributed by atoms with Crippen molar-refractivity contribution in [3.8, 4) is 0 Å². The number of ether oxygens (including phenoxy) is 1. The highest BCUT2D eigenvalue weighted by molar-refractivity contribution is 7.94. The summed E-state index contributed by atoms with van der Waals surface area (Å²) in [5.74, 6) is -1.71. The van der Waals surface area contributed by atoms with Crippen molar-refractivity contribution in [1.29, 1.82) is 0 Å². The van der Waals surface area contributed by atoms with Crippen molar-refractivity contribution in [1.82, 2.24) is 5.06 Å². The molecule has 1 saturated heterocycles. The number of fused-ring (bicyclic) bond motifs is 1. The predicted octanol–water partition coefficient (Wildman–Crippen LogP) is 3.97. The van der Waals surface area contributed by atoms with E-state index in [1.807, 2.05) is 18.2 Å². The number of hydrogen-bond donors (Lipinski definition) is 0. The minimum atomic E-state index is -0.583. The topological polar surface area (TPSA) is 135 Å². The van der Waals surface area contributed by atoms with Crippen molar-refractivity contribution in [2.75, 3.05) is 13.2 Å². The van der Waals surface area contributed by atoms with E-state index in [9.17, 15) is 24.4 Å². The van der Waals surface area contributed by atoms with Crippen molar-refractivity contribution in [2.24, 2.45) is 0 Å². The van der Waals surface area contributed by atoms with Crippen LogP contribution in [0.25, 0.3) is 0 Å². The van der Waals surface area contributed by atoms with Gasteiger partial charge in [0, 0.05) is 55.6 Å². The third-order valence-corrected chi connectivity index (χ3v) is 8.11. The Labute approximate surface area is 238 Å². The average Bonchev–Trinajstić information content (AvgIpc) is 3.35. The summed E-state index contributed by atoms with van der Waals surface area (Å²) in [7, 11) is 0. The maximum atomic E-state index is 12.1. The van der Waals surface area contributed by atoms with Gasteiger partial charge in [0.25, 0.3) is 11.8 Å². The lowest BCUT2D eigenvalue weighted by atomic mass is 9.76. The molecule has 0 spiro atoms. The number of amides is 2. The van der Waals surface area contributed by atoms with Gasteiger partial charge >= 0.3 is 11.9 Å². The molecule has 220 valence electrons. The number of hydrogen-bond acceptors (Lipinski definition) is 10. The van der Waals surface area contributed by atoms with E-state index in [-0.39, 0.29) is 30.6 Å². The average molecular weight is 579 g/mol. The molecule has 2 aliphatic rings. The summed E-state index contributed by atoms with van der Waals surface area (Å²) in [5.41, 5.74) is 3.16. The number of rotatable bonds is 17. The molecule has 1 aromatic carbocycles. The zero-order chi connectivity index (χ0) is 29.1. The van der Waals surface area contributed by atoms with Crippen LogP contribution in [0.15, 0.2) is 23.1 Å². The molecule has 0 N–H and O–H groups in total. The first kappa shape index (κ1) is 31.7. The molecule has 1 unspecified atom stereocenters. The second-order valence-corrected chi connectivity index (χ2v) is 11.0. The van der Waals surface area contributed by atoms with E-state index in [1.54, 1.807) is 6.92 Å². The van der Waals surface area contributed by atoms with Crippen molar-refractivity contribution in [2.45, 2.75) is 102 Å². The van der Waals surface area contributed by atoms with Crippen LogP contribution in [0.1, 0.15) is 97.0 Å². The predicted molar refractivity (Wildman–Crippen MR) is 143 cm³/mol. The quantitative estimate of drug-likeness (QED) is 0.0508. The number of nitrogens with zero attached hydrogens (tertiary/aromatic N) is 2. The highest BCUT2D eigenvalue weighted by Gasteiger charge is 2.46. The summed E-state index contributed by atoms with van der Waals surface area (Å²) in [5, 5.41) is 14.4. The molecule has 2 amide bonds. The first-order chi connectivity index (χ1) is 19.2. The maximum Gasteiger partial charge on any atom is 0.333 e. The molecule has 0 aliphatic carbocycles. The van der Waals surface area contributed by atoms with Gasteiger partial charge in [0.2, 0.25) is 5.69 Å². The first-order valence-electron chi connectivity index (χ1n) is 13.8. The summed E-state index contributed by atoms with van der Waals surface area (Å²) < 4.78 is 11.9. The fourth-order valence-electron chi connectivity index (χ4n) is 5.25. The second kappa shape index (κ2) is 15.3. The Kier molecular flexibility index (Phi) is 12.1. The summed E-state index contributed by atoms with van der Waals surface area (Å²) in [6.45, 7) is 7.33. The van der Waals surface area contributed by atoms with Crippen LogP contribution in [0.3, 0.4) is 0 Å². The van der Waals surface area contributed by atoms with Crippen LogP contribution in [0.4, 0.5) is 5.69 Å². The number of imide groups is 1. The monoisotopic (exact) mass is 578 g/mol. The number of benzene rings is 1. The molecule has 3 rings (SSSR count). The second-order valence-electron chi connectivity index (χ2n) is 10.2. The molecular weight excluding hydrogens is 540 g/mol. The molecular formula is C28H38N2O9S. The van der Waals surface area contributed by atoms with Crippen LogP contribution in [0, 0.1) is 0 Å². The number of carbonyl (C=O) groups excluding carboxylic acids is 4. The van der Waals surface area contributed by atoms with Gasteiger partial charge in [-0.15, -0.1) is 5.06 Å². The van der Waals surface area contributed by atoms with E-state index in [4.69, 9.17) is 9.57 Å². The number of carbonyl (C=O) groups is 4. The minimum Gasteiger partial charge on any atom is -0.691 e. The Morgan fingerprint density at radius 3 is 2.38 bits per heavy atom. The van der Waals surface area contributed by atoms with E-state index >= 15 is 0 Å². The molecule has 1 aromatic rings. The molecule has 2 heterocycles. The van der Waals surface area contributed by atoms with Crippen molar-refractivity contribution in [3.05, 3.63) is 23.8 Å². The zero-order valence-corrected chi connectivity index (χ0v) is 24.2. The SMILES string of the molecule is CCOC(=O)CCCCC[N+]1=C(C)C(C)(CCCCCC(=O)ON2C(=O)CCC2=O)c2cc(SOO[O-])ccc21. The van der Waals surface area contributed by atoms with E-state index in [0.29, 0.717) is 24.5 Å². The Balaban J connectivity index is 1.59. The molecule has 11 nitrogen and oxygen atoms in total. The molecule has 1 fully saturated rings. The maximum absolute atomic E-state index is 12.1. The van der Waals surface area contributed by atoms with E-state index in [2.05, 4.69) is 27.8 Å². The van der Waals surface area contributed by atoms with Gasteiger partial charge in [-0.25, -0.2) is 4.79 Å².